The zero-order chi connectivity index (χ0) is 11.7. The van der Waals surface area contributed by atoms with Crippen LogP contribution in [0.2, 0.25) is 0 Å². The van der Waals surface area contributed by atoms with Gasteiger partial charge in [-0.05, 0) is 6.07 Å². The van der Waals surface area contributed by atoms with Crippen molar-refractivity contribution in [2.45, 2.75) is 0 Å². The van der Waals surface area contributed by atoms with E-state index in [0.29, 0.717) is 10.1 Å². The second-order valence-corrected chi connectivity index (χ2v) is 4.15. The third-order valence-corrected chi connectivity index (χ3v) is 3.16. The maximum absolute atomic E-state index is 11.1. The Morgan fingerprint density at radius 1 is 1.44 bits per heavy atom. The Hall–Kier alpha value is -2.19. The molecule has 0 fully saturated rings. The first-order valence-corrected chi connectivity index (χ1v) is 5.20. The maximum atomic E-state index is 11.1. The van der Waals surface area contributed by atoms with Gasteiger partial charge in [-0.2, -0.15) is 5.26 Å². The molecule has 16 heavy (non-hydrogen) atoms. The van der Waals surface area contributed by atoms with Crippen LogP contribution < -0.4 is 4.67 Å². The summed E-state index contributed by atoms with van der Waals surface area (Å²) in [5.74, 6) is -1.17. The number of nitriles is 1. The average molecular weight is 230 g/mol. The Morgan fingerprint density at radius 3 is 2.75 bits per heavy atom. The highest BCUT2D eigenvalue weighted by Gasteiger charge is 2.16. The van der Waals surface area contributed by atoms with Crippen LogP contribution in [0.5, 0.6) is 0 Å². The van der Waals surface area contributed by atoms with Gasteiger partial charge in [0.1, 0.15) is 16.3 Å². The van der Waals surface area contributed by atoms with Crippen molar-refractivity contribution in [2.24, 2.45) is 0 Å². The monoisotopic (exact) mass is 230 g/mol. The van der Waals surface area contributed by atoms with Gasteiger partial charge >= 0.3 is 5.97 Å². The number of nitrogens with zero attached hydrogens (tertiary/aromatic N) is 1. The predicted molar refractivity (Wildman–Crippen MR) is 59.4 cm³/mol. The summed E-state index contributed by atoms with van der Waals surface area (Å²) < 4.78 is 0.683. The largest absolute Gasteiger partial charge is 0.478 e. The lowest BCUT2D eigenvalue weighted by molar-refractivity contribution is 0.0698. The molecule has 2 N–H and O–H groups in total. The summed E-state index contributed by atoms with van der Waals surface area (Å²) in [7, 11) is 0. The number of benzene rings is 1. The third-order valence-electron chi connectivity index (χ3n) is 2.17. The fourth-order valence-corrected chi connectivity index (χ4v) is 2.40. The van der Waals surface area contributed by atoms with E-state index < -0.39 is 5.97 Å². The zero-order valence-corrected chi connectivity index (χ0v) is 8.84. The number of hydrogen-bond donors (Lipinski definition) is 2. The van der Waals surface area contributed by atoms with Crippen LogP contribution >= 0.6 is 11.3 Å². The molecule has 0 amide bonds. The fraction of sp³-hybridized carbons (Fsp3) is 0. The van der Waals surface area contributed by atoms with E-state index in [4.69, 9.17) is 15.8 Å². The van der Waals surface area contributed by atoms with Crippen molar-refractivity contribution in [2.75, 3.05) is 0 Å². The van der Waals surface area contributed by atoms with Crippen molar-refractivity contribution in [1.82, 2.24) is 0 Å². The molecule has 0 aliphatic heterocycles. The first kappa shape index (κ1) is 10.3. The van der Waals surface area contributed by atoms with Crippen LogP contribution in [0.15, 0.2) is 24.3 Å². The minimum absolute atomic E-state index is 0.0152. The molecule has 0 saturated heterocycles. The van der Waals surface area contributed by atoms with Crippen molar-refractivity contribution in [3.8, 4) is 6.07 Å². The second kappa shape index (κ2) is 3.76. The SMILES string of the molecule is N#Cc1c(C(=O)O)c2ccccc2sc1=N. The van der Waals surface area contributed by atoms with E-state index in [1.165, 1.54) is 0 Å². The molecule has 2 aromatic rings. The minimum Gasteiger partial charge on any atom is -0.478 e. The standard InChI is InChI=1S/C11H6N2O2S/c12-5-7-9(11(14)15)6-3-1-2-4-8(6)16-10(7)13/h1-4,13H,(H,14,15). The summed E-state index contributed by atoms with van der Waals surface area (Å²) in [6.45, 7) is 0. The molecule has 0 atom stereocenters. The van der Waals surface area contributed by atoms with Gasteiger partial charge in [-0.1, -0.05) is 18.2 Å². The van der Waals surface area contributed by atoms with Crippen LogP contribution in [-0.4, -0.2) is 11.1 Å². The summed E-state index contributed by atoms with van der Waals surface area (Å²) in [6.07, 6.45) is 0. The van der Waals surface area contributed by atoms with Gasteiger partial charge in [0, 0.05) is 10.1 Å². The summed E-state index contributed by atoms with van der Waals surface area (Å²) in [5, 5.41) is 26.1. The van der Waals surface area contributed by atoms with Gasteiger partial charge in [-0.3, -0.25) is 5.41 Å². The molecule has 2 rings (SSSR count). The van der Waals surface area contributed by atoms with E-state index in [1.54, 1.807) is 30.3 Å². The number of nitrogens with one attached hydrogen (secondary N) is 1. The van der Waals surface area contributed by atoms with Gasteiger partial charge in [0.25, 0.3) is 0 Å². The van der Waals surface area contributed by atoms with Crippen molar-refractivity contribution < 1.29 is 9.90 Å². The summed E-state index contributed by atoms with van der Waals surface area (Å²) in [5.41, 5.74) is -0.155. The molecule has 0 saturated carbocycles. The van der Waals surface area contributed by atoms with Crippen molar-refractivity contribution in [1.29, 1.82) is 10.7 Å². The van der Waals surface area contributed by atoms with E-state index in [-0.39, 0.29) is 15.8 Å². The Morgan fingerprint density at radius 2 is 2.12 bits per heavy atom. The topological polar surface area (TPSA) is 84.9 Å². The Bertz CT molecular complexity index is 682. The number of fused-ring (bicyclic) bond motifs is 1. The maximum Gasteiger partial charge on any atom is 0.337 e. The molecule has 1 heterocycles. The Kier molecular flexibility index (Phi) is 2.43. The minimum atomic E-state index is -1.17. The molecular formula is C11H6N2O2S. The molecule has 0 spiro atoms. The van der Waals surface area contributed by atoms with E-state index >= 15 is 0 Å². The lowest BCUT2D eigenvalue weighted by atomic mass is 10.1. The first-order chi connectivity index (χ1) is 7.65. The molecule has 78 valence electrons. The molecule has 1 aromatic heterocycles. The Labute approximate surface area is 94.5 Å². The van der Waals surface area contributed by atoms with Gasteiger partial charge in [0.05, 0.1) is 5.56 Å². The smallest absolute Gasteiger partial charge is 0.337 e. The highest BCUT2D eigenvalue weighted by atomic mass is 32.1. The van der Waals surface area contributed by atoms with E-state index in [1.807, 2.05) is 0 Å². The second-order valence-electron chi connectivity index (χ2n) is 3.09. The molecular weight excluding hydrogens is 224 g/mol. The van der Waals surface area contributed by atoms with Crippen molar-refractivity contribution in [3.63, 3.8) is 0 Å². The molecule has 0 aliphatic rings. The van der Waals surface area contributed by atoms with Gasteiger partial charge in [-0.25, -0.2) is 4.79 Å². The number of aromatic carboxylic acids is 1. The van der Waals surface area contributed by atoms with Crippen LogP contribution in [0.1, 0.15) is 15.9 Å². The molecule has 0 aliphatic carbocycles. The van der Waals surface area contributed by atoms with Crippen LogP contribution in [0.4, 0.5) is 0 Å². The fourth-order valence-electron chi connectivity index (χ4n) is 1.50. The predicted octanol–water partition coefficient (Wildman–Crippen LogP) is 1.95. The van der Waals surface area contributed by atoms with Gasteiger partial charge in [-0.15, -0.1) is 11.3 Å². The Balaban J connectivity index is 3.06. The van der Waals surface area contributed by atoms with Gasteiger partial charge in [0.2, 0.25) is 0 Å². The molecule has 5 heteroatoms. The molecule has 1 aromatic carbocycles. The van der Waals surface area contributed by atoms with Gasteiger partial charge < -0.3 is 5.11 Å². The van der Waals surface area contributed by atoms with E-state index in [2.05, 4.69) is 0 Å². The number of carboxylic acid groups (broad SMARTS) is 1. The quantitative estimate of drug-likeness (QED) is 0.785. The number of carboxylic acids is 1. The van der Waals surface area contributed by atoms with Crippen LogP contribution in [0, 0.1) is 16.7 Å². The summed E-state index contributed by atoms with van der Waals surface area (Å²) >= 11 is 1.11. The first-order valence-electron chi connectivity index (χ1n) is 4.39. The highest BCUT2D eigenvalue weighted by molar-refractivity contribution is 7.16. The van der Waals surface area contributed by atoms with Crippen molar-refractivity contribution in [3.05, 3.63) is 40.1 Å². The lowest BCUT2D eigenvalue weighted by Gasteiger charge is -2.03. The summed E-state index contributed by atoms with van der Waals surface area (Å²) in [6, 6.07) is 8.66. The molecule has 4 nitrogen and oxygen atoms in total. The summed E-state index contributed by atoms with van der Waals surface area (Å²) in [4.78, 5) is 11.1. The third kappa shape index (κ3) is 1.45. The molecule has 0 unspecified atom stereocenters. The van der Waals surface area contributed by atoms with Crippen molar-refractivity contribution >= 4 is 27.4 Å². The number of carbonyl (C=O) groups is 1. The molecule has 0 radical (unpaired) electrons. The number of rotatable bonds is 1. The molecule has 0 bridgehead atoms. The van der Waals surface area contributed by atoms with Gasteiger partial charge in [0.15, 0.2) is 0 Å². The van der Waals surface area contributed by atoms with E-state index in [9.17, 15) is 4.79 Å². The number of hydrogen-bond acceptors (Lipinski definition) is 4. The zero-order valence-electron chi connectivity index (χ0n) is 8.02. The average Bonchev–Trinajstić information content (AvgIpc) is 2.26. The normalized spacial score (nSPS) is 9.94. The van der Waals surface area contributed by atoms with Crippen LogP contribution in [0.25, 0.3) is 10.1 Å². The highest BCUT2D eigenvalue weighted by Crippen LogP contribution is 2.22. The van der Waals surface area contributed by atoms with Crippen LogP contribution in [0.3, 0.4) is 0 Å². The van der Waals surface area contributed by atoms with E-state index in [0.717, 1.165) is 11.3 Å². The lowest BCUT2D eigenvalue weighted by Crippen LogP contribution is -2.10. The van der Waals surface area contributed by atoms with Crippen LogP contribution in [-0.2, 0) is 0 Å².